The maximum Gasteiger partial charge on any atom is 0.305 e. The Morgan fingerprint density at radius 1 is 0.391 bits per heavy atom. The number of hydrogen-bond donors (Lipinski definition) is 0. The standard InChI is InChI=1S/C54H106N2O8/c1-7-11-15-19-23-31-41-61-53(62-42-32-24-20-16-12-8-2)37-29-27-35-51(57)59-45-39-55-47-50(6)56(48-49(55)5)40-46-60-52(58)36-28-30-38-54(63-43-33-25-21-17-13-9-3)64-44-34-26-22-18-14-10-4/h49-50,53-54H,7-48H2,1-6H3. The smallest absolute Gasteiger partial charge is 0.305 e. The van der Waals surface area contributed by atoms with Gasteiger partial charge in [-0.25, -0.2) is 0 Å². The maximum absolute atomic E-state index is 12.7. The van der Waals surface area contributed by atoms with E-state index in [4.69, 9.17) is 28.4 Å². The van der Waals surface area contributed by atoms with E-state index in [0.717, 1.165) is 117 Å². The molecular weight excluding hydrogens is 805 g/mol. The zero-order valence-electron chi connectivity index (χ0n) is 43.2. The van der Waals surface area contributed by atoms with Crippen LogP contribution in [0.1, 0.15) is 247 Å². The third kappa shape index (κ3) is 36.8. The minimum atomic E-state index is -0.176. The molecule has 0 saturated carbocycles. The van der Waals surface area contributed by atoms with Crippen molar-refractivity contribution in [2.75, 3.05) is 65.8 Å². The van der Waals surface area contributed by atoms with E-state index >= 15 is 0 Å². The molecule has 1 aliphatic heterocycles. The molecule has 10 nitrogen and oxygen atoms in total. The van der Waals surface area contributed by atoms with Gasteiger partial charge in [-0.3, -0.25) is 19.4 Å². The molecule has 0 aliphatic carbocycles. The van der Waals surface area contributed by atoms with Crippen molar-refractivity contribution < 1.29 is 38.0 Å². The second-order valence-electron chi connectivity index (χ2n) is 19.0. The molecular formula is C54H106N2O8. The van der Waals surface area contributed by atoms with Gasteiger partial charge >= 0.3 is 11.9 Å². The molecule has 380 valence electrons. The van der Waals surface area contributed by atoms with Gasteiger partial charge in [0.25, 0.3) is 0 Å². The van der Waals surface area contributed by atoms with Crippen molar-refractivity contribution in [3.8, 4) is 0 Å². The number of esters is 2. The molecule has 0 bridgehead atoms. The largest absolute Gasteiger partial charge is 0.464 e. The Hall–Kier alpha value is -1.30. The van der Waals surface area contributed by atoms with Gasteiger partial charge in [0.15, 0.2) is 12.6 Å². The molecule has 1 aliphatic rings. The predicted molar refractivity (Wildman–Crippen MR) is 266 cm³/mol. The average molecular weight is 911 g/mol. The number of rotatable bonds is 48. The Labute approximate surface area is 396 Å². The lowest BCUT2D eigenvalue weighted by Gasteiger charge is -2.44. The van der Waals surface area contributed by atoms with Crippen LogP contribution in [0.4, 0.5) is 0 Å². The summed E-state index contributed by atoms with van der Waals surface area (Å²) in [7, 11) is 0. The first-order valence-corrected chi connectivity index (χ1v) is 27.6. The predicted octanol–water partition coefficient (Wildman–Crippen LogP) is 13.7. The van der Waals surface area contributed by atoms with E-state index in [1.54, 1.807) is 0 Å². The Balaban J connectivity index is 2.28. The van der Waals surface area contributed by atoms with Crippen molar-refractivity contribution in [1.82, 2.24) is 9.80 Å². The van der Waals surface area contributed by atoms with Gasteiger partial charge in [-0.15, -0.1) is 0 Å². The first-order valence-electron chi connectivity index (χ1n) is 27.6. The van der Waals surface area contributed by atoms with Crippen molar-refractivity contribution in [2.45, 2.75) is 272 Å². The maximum atomic E-state index is 12.7. The number of piperazine rings is 1. The molecule has 1 saturated heterocycles. The molecule has 0 radical (unpaired) electrons. The molecule has 1 rings (SSSR count). The summed E-state index contributed by atoms with van der Waals surface area (Å²) in [6, 6.07) is 0.657. The van der Waals surface area contributed by atoms with Crippen LogP contribution in [0.15, 0.2) is 0 Å². The fourth-order valence-corrected chi connectivity index (χ4v) is 8.57. The van der Waals surface area contributed by atoms with Gasteiger partial charge in [-0.05, 0) is 78.1 Å². The van der Waals surface area contributed by atoms with E-state index < -0.39 is 0 Å². The lowest BCUT2D eigenvalue weighted by molar-refractivity contribution is -0.150. The van der Waals surface area contributed by atoms with Crippen LogP contribution in [0.5, 0.6) is 0 Å². The highest BCUT2D eigenvalue weighted by atomic mass is 16.7. The Bertz CT molecular complexity index is 906. The van der Waals surface area contributed by atoms with E-state index in [1.165, 1.54) is 128 Å². The number of ether oxygens (including phenoxy) is 6. The second-order valence-corrected chi connectivity index (χ2v) is 19.0. The van der Waals surface area contributed by atoms with E-state index in [0.29, 0.717) is 38.1 Å². The summed E-state index contributed by atoms with van der Waals surface area (Å²) in [6.45, 7) is 20.6. The lowest BCUT2D eigenvalue weighted by Crippen LogP contribution is -2.57. The minimum absolute atomic E-state index is 0.118. The quantitative estimate of drug-likeness (QED) is 0.0334. The molecule has 1 heterocycles. The van der Waals surface area contributed by atoms with Gasteiger partial charge in [0.1, 0.15) is 13.2 Å². The summed E-state index contributed by atoms with van der Waals surface area (Å²) in [5.41, 5.74) is 0. The number of carbonyl (C=O) groups is 2. The zero-order valence-corrected chi connectivity index (χ0v) is 43.2. The molecule has 2 atom stereocenters. The van der Waals surface area contributed by atoms with E-state index in [-0.39, 0.29) is 24.5 Å². The monoisotopic (exact) mass is 911 g/mol. The highest BCUT2D eigenvalue weighted by Crippen LogP contribution is 2.18. The van der Waals surface area contributed by atoms with E-state index in [2.05, 4.69) is 51.3 Å². The molecule has 0 aromatic heterocycles. The molecule has 10 heteroatoms. The fraction of sp³-hybridized carbons (Fsp3) is 0.963. The van der Waals surface area contributed by atoms with Gasteiger partial charge in [0.05, 0.1) is 0 Å². The molecule has 2 unspecified atom stereocenters. The van der Waals surface area contributed by atoms with Crippen molar-refractivity contribution in [3.05, 3.63) is 0 Å². The topological polar surface area (TPSA) is 96.0 Å². The summed E-state index contributed by atoms with van der Waals surface area (Å²) in [4.78, 5) is 30.1. The van der Waals surface area contributed by atoms with Gasteiger partial charge in [0.2, 0.25) is 0 Å². The van der Waals surface area contributed by atoms with Crippen molar-refractivity contribution >= 4 is 11.9 Å². The first-order chi connectivity index (χ1) is 31.3. The molecule has 0 aromatic carbocycles. The van der Waals surface area contributed by atoms with Gasteiger partial charge < -0.3 is 28.4 Å². The number of unbranched alkanes of at least 4 members (excludes halogenated alkanes) is 22. The summed E-state index contributed by atoms with van der Waals surface area (Å²) in [6.07, 6.45) is 35.5. The van der Waals surface area contributed by atoms with Crippen LogP contribution in [-0.4, -0.2) is 112 Å². The van der Waals surface area contributed by atoms with Crippen LogP contribution >= 0.6 is 0 Å². The van der Waals surface area contributed by atoms with Gasteiger partial charge in [0, 0.05) is 77.5 Å². The molecule has 0 spiro atoms. The van der Waals surface area contributed by atoms with Crippen LogP contribution in [0, 0.1) is 0 Å². The van der Waals surface area contributed by atoms with Crippen LogP contribution in [0.2, 0.25) is 0 Å². The molecule has 0 N–H and O–H groups in total. The SMILES string of the molecule is CCCCCCCCOC(CCCCC(=O)OCCN1CC(C)N(CCOC(=O)CCCCC(OCCCCCCCC)OCCCCCCCC)CC1C)OCCCCCCCC. The van der Waals surface area contributed by atoms with Crippen molar-refractivity contribution in [1.29, 1.82) is 0 Å². The summed E-state index contributed by atoms with van der Waals surface area (Å²) in [5.74, 6) is -0.237. The third-order valence-electron chi connectivity index (χ3n) is 12.9. The second kappa shape index (κ2) is 45.5. The highest BCUT2D eigenvalue weighted by molar-refractivity contribution is 5.69. The summed E-state index contributed by atoms with van der Waals surface area (Å²) >= 11 is 0. The molecule has 0 aromatic rings. The lowest BCUT2D eigenvalue weighted by atomic mass is 10.1. The van der Waals surface area contributed by atoms with Gasteiger partial charge in [-0.2, -0.15) is 0 Å². The summed E-state index contributed by atoms with van der Waals surface area (Å²) < 4.78 is 36.1. The Morgan fingerprint density at radius 3 is 0.969 bits per heavy atom. The van der Waals surface area contributed by atoms with Gasteiger partial charge in [-0.1, -0.05) is 156 Å². The first kappa shape index (κ1) is 60.7. The average Bonchev–Trinajstić information content (AvgIpc) is 3.28. The van der Waals surface area contributed by atoms with Crippen molar-refractivity contribution in [2.24, 2.45) is 0 Å². The third-order valence-corrected chi connectivity index (χ3v) is 12.9. The molecule has 1 fully saturated rings. The number of nitrogens with zero attached hydrogens (tertiary/aromatic N) is 2. The number of carbonyl (C=O) groups excluding carboxylic acids is 2. The molecule has 64 heavy (non-hydrogen) atoms. The van der Waals surface area contributed by atoms with Crippen molar-refractivity contribution in [3.63, 3.8) is 0 Å². The van der Waals surface area contributed by atoms with Crippen LogP contribution in [-0.2, 0) is 38.0 Å². The fourth-order valence-electron chi connectivity index (χ4n) is 8.57. The van der Waals surface area contributed by atoms with Crippen LogP contribution in [0.25, 0.3) is 0 Å². The zero-order chi connectivity index (χ0) is 46.6. The van der Waals surface area contributed by atoms with Crippen LogP contribution in [0.3, 0.4) is 0 Å². The highest BCUT2D eigenvalue weighted by Gasteiger charge is 2.29. The van der Waals surface area contributed by atoms with E-state index in [9.17, 15) is 9.59 Å². The van der Waals surface area contributed by atoms with E-state index in [1.807, 2.05) is 0 Å². The Kier molecular flexibility index (Phi) is 43.1. The Morgan fingerprint density at radius 2 is 0.672 bits per heavy atom. The van der Waals surface area contributed by atoms with Crippen LogP contribution < -0.4 is 0 Å². The molecule has 0 amide bonds. The minimum Gasteiger partial charge on any atom is -0.464 e. The number of hydrogen-bond acceptors (Lipinski definition) is 10. The summed E-state index contributed by atoms with van der Waals surface area (Å²) in [5, 5.41) is 0. The normalized spacial score (nSPS) is 16.1.